The highest BCUT2D eigenvalue weighted by Gasteiger charge is 2.33. The van der Waals surface area contributed by atoms with Crippen molar-refractivity contribution in [2.75, 3.05) is 0 Å². The molecule has 1 aromatic carbocycles. The van der Waals surface area contributed by atoms with E-state index < -0.39 is 17.8 Å². The molecule has 110 valence electrons. The highest BCUT2D eigenvalue weighted by molar-refractivity contribution is 6.02. The van der Waals surface area contributed by atoms with Crippen LogP contribution in [0, 0.1) is 0 Å². The van der Waals surface area contributed by atoms with Gasteiger partial charge in [-0.05, 0) is 17.7 Å². The lowest BCUT2D eigenvalue weighted by Crippen LogP contribution is -2.32. The molecule has 0 atom stereocenters. The number of guanidine groups is 1. The second-order valence-electron chi connectivity index (χ2n) is 4.40. The minimum Gasteiger partial charge on any atom is -0.370 e. The van der Waals surface area contributed by atoms with Crippen LogP contribution in [0.5, 0.6) is 0 Å². The van der Waals surface area contributed by atoms with Crippen LogP contribution >= 0.6 is 0 Å². The zero-order chi connectivity index (χ0) is 15.4. The van der Waals surface area contributed by atoms with Crippen LogP contribution in [0.25, 0.3) is 0 Å². The molecule has 0 saturated carbocycles. The van der Waals surface area contributed by atoms with Crippen LogP contribution in [0.3, 0.4) is 0 Å². The van der Waals surface area contributed by atoms with Gasteiger partial charge in [-0.2, -0.15) is 0 Å². The molecule has 1 saturated heterocycles. The van der Waals surface area contributed by atoms with Crippen molar-refractivity contribution in [3.05, 3.63) is 35.4 Å². The van der Waals surface area contributed by atoms with E-state index in [0.29, 0.717) is 10.6 Å². The monoisotopic (exact) mass is 290 g/mol. The molecular weight excluding hydrogens is 276 g/mol. The van der Waals surface area contributed by atoms with Crippen molar-refractivity contribution >= 4 is 23.7 Å². The first kappa shape index (κ1) is 14.5. The Bertz CT molecular complexity index is 606. The normalized spacial score (nSPS) is 14.2. The first-order chi connectivity index (χ1) is 9.97. The fraction of sp³-hybridized carbons (Fsp3) is 0.231. The topological polar surface area (TPSA) is 128 Å². The molecule has 0 aliphatic carbocycles. The molecule has 21 heavy (non-hydrogen) atoms. The van der Waals surface area contributed by atoms with Gasteiger partial charge < -0.3 is 16.3 Å². The van der Waals surface area contributed by atoms with E-state index in [1.54, 1.807) is 12.1 Å². The first-order valence-corrected chi connectivity index (χ1v) is 6.20. The number of nitrogens with two attached hydrogens (primary N) is 2. The van der Waals surface area contributed by atoms with E-state index in [-0.39, 0.29) is 30.9 Å². The Morgan fingerprint density at radius 3 is 2.52 bits per heavy atom. The largest absolute Gasteiger partial charge is 0.370 e. The highest BCUT2D eigenvalue weighted by atomic mass is 16.7. The predicted molar refractivity (Wildman–Crippen MR) is 72.5 cm³/mol. The lowest BCUT2D eigenvalue weighted by molar-refractivity contribution is -0.172. The van der Waals surface area contributed by atoms with Crippen molar-refractivity contribution in [1.29, 1.82) is 0 Å². The van der Waals surface area contributed by atoms with Gasteiger partial charge in [0.05, 0.1) is 12.1 Å². The summed E-state index contributed by atoms with van der Waals surface area (Å²) in [5.41, 5.74) is 11.4. The van der Waals surface area contributed by atoms with E-state index in [1.807, 2.05) is 0 Å². The van der Waals surface area contributed by atoms with Gasteiger partial charge in [0, 0.05) is 12.8 Å². The summed E-state index contributed by atoms with van der Waals surface area (Å²) in [5.74, 6) is -1.89. The number of amides is 2. The van der Waals surface area contributed by atoms with Gasteiger partial charge >= 0.3 is 5.97 Å². The lowest BCUT2D eigenvalue weighted by atomic mass is 10.1. The average Bonchev–Trinajstić information content (AvgIpc) is 2.77. The Labute approximate surface area is 120 Å². The third-order valence-corrected chi connectivity index (χ3v) is 2.79. The number of carbonyl (C=O) groups excluding carboxylic acids is 3. The molecule has 8 nitrogen and oxygen atoms in total. The minimum atomic E-state index is -0.787. The molecule has 2 amide bonds. The third kappa shape index (κ3) is 3.56. The summed E-state index contributed by atoms with van der Waals surface area (Å²) in [5, 5.41) is 0.505. The van der Waals surface area contributed by atoms with Gasteiger partial charge in [0.25, 0.3) is 11.8 Å². The van der Waals surface area contributed by atoms with Crippen molar-refractivity contribution in [1.82, 2.24) is 5.06 Å². The molecule has 0 bridgehead atoms. The molecule has 4 N–H and O–H groups in total. The van der Waals surface area contributed by atoms with Crippen molar-refractivity contribution in [2.45, 2.75) is 19.4 Å². The van der Waals surface area contributed by atoms with Crippen molar-refractivity contribution in [2.24, 2.45) is 16.5 Å². The molecule has 2 rings (SSSR count). The zero-order valence-electron chi connectivity index (χ0n) is 11.1. The van der Waals surface area contributed by atoms with E-state index in [9.17, 15) is 14.4 Å². The number of nitrogens with zero attached hydrogens (tertiary/aromatic N) is 2. The standard InChI is InChI=1S/C13H14N4O4/c14-13(15)16-7-8-2-1-3-9(6-8)12(20)21-17-10(18)4-5-11(17)19/h1-3,6H,4-5,7H2,(H4,14,15,16). The van der Waals surface area contributed by atoms with Gasteiger partial charge in [-0.3, -0.25) is 9.59 Å². The average molecular weight is 290 g/mol. The van der Waals surface area contributed by atoms with Gasteiger partial charge in [0.2, 0.25) is 0 Å². The second kappa shape index (κ2) is 6.04. The van der Waals surface area contributed by atoms with Crippen molar-refractivity contribution in [3.8, 4) is 0 Å². The lowest BCUT2D eigenvalue weighted by Gasteiger charge is -2.12. The SMILES string of the molecule is NC(N)=NCc1cccc(C(=O)ON2C(=O)CCC2=O)c1. The van der Waals surface area contributed by atoms with Gasteiger partial charge in [0.15, 0.2) is 5.96 Å². The summed E-state index contributed by atoms with van der Waals surface area (Å²) in [4.78, 5) is 43.3. The number of hydrogen-bond donors (Lipinski definition) is 2. The summed E-state index contributed by atoms with van der Waals surface area (Å²) in [6.07, 6.45) is 0.104. The maximum atomic E-state index is 11.9. The van der Waals surface area contributed by atoms with Crippen LogP contribution in [0.4, 0.5) is 0 Å². The maximum Gasteiger partial charge on any atom is 0.363 e. The first-order valence-electron chi connectivity index (χ1n) is 6.20. The molecule has 0 spiro atoms. The smallest absolute Gasteiger partial charge is 0.363 e. The molecule has 0 unspecified atom stereocenters. The Hall–Kier alpha value is -2.90. The minimum absolute atomic E-state index is 0.0522. The predicted octanol–water partition coefficient (Wildman–Crippen LogP) is -0.319. The van der Waals surface area contributed by atoms with E-state index in [2.05, 4.69) is 4.99 Å². The van der Waals surface area contributed by atoms with Gasteiger partial charge in [-0.25, -0.2) is 9.79 Å². The van der Waals surface area contributed by atoms with E-state index >= 15 is 0 Å². The molecule has 1 aliphatic rings. The number of carbonyl (C=O) groups is 3. The number of benzene rings is 1. The molecule has 1 aromatic rings. The zero-order valence-corrected chi connectivity index (χ0v) is 11.1. The Balaban J connectivity index is 2.09. The molecule has 0 aromatic heterocycles. The Morgan fingerprint density at radius 1 is 1.24 bits per heavy atom. The number of hydroxylamine groups is 2. The fourth-order valence-electron chi connectivity index (χ4n) is 1.77. The Morgan fingerprint density at radius 2 is 1.90 bits per heavy atom. The maximum absolute atomic E-state index is 11.9. The highest BCUT2D eigenvalue weighted by Crippen LogP contribution is 2.15. The van der Waals surface area contributed by atoms with Crippen LogP contribution in [0.2, 0.25) is 0 Å². The quantitative estimate of drug-likeness (QED) is 0.444. The molecule has 1 heterocycles. The van der Waals surface area contributed by atoms with Crippen LogP contribution in [0.1, 0.15) is 28.8 Å². The molecule has 0 radical (unpaired) electrons. The number of hydrogen-bond acceptors (Lipinski definition) is 5. The summed E-state index contributed by atoms with van der Waals surface area (Å²) in [6.45, 7) is 0.213. The van der Waals surface area contributed by atoms with E-state index in [0.717, 1.165) is 0 Å². The number of imide groups is 1. The summed E-state index contributed by atoms with van der Waals surface area (Å²) < 4.78 is 0. The van der Waals surface area contributed by atoms with Crippen LogP contribution < -0.4 is 11.5 Å². The summed E-state index contributed by atoms with van der Waals surface area (Å²) >= 11 is 0. The molecular formula is C13H14N4O4. The fourth-order valence-corrected chi connectivity index (χ4v) is 1.77. The number of aliphatic imine (C=N–C) groups is 1. The Kier molecular flexibility index (Phi) is 4.17. The van der Waals surface area contributed by atoms with Gasteiger partial charge in [0.1, 0.15) is 0 Å². The third-order valence-electron chi connectivity index (χ3n) is 2.79. The molecule has 1 fully saturated rings. The van der Waals surface area contributed by atoms with Crippen LogP contribution in [0.15, 0.2) is 29.3 Å². The van der Waals surface area contributed by atoms with Crippen LogP contribution in [-0.4, -0.2) is 28.8 Å². The van der Waals surface area contributed by atoms with E-state index in [4.69, 9.17) is 16.3 Å². The van der Waals surface area contributed by atoms with Gasteiger partial charge in [-0.1, -0.05) is 12.1 Å². The van der Waals surface area contributed by atoms with Crippen LogP contribution in [-0.2, 0) is 21.0 Å². The van der Waals surface area contributed by atoms with Gasteiger partial charge in [-0.15, -0.1) is 5.06 Å². The number of rotatable bonds is 4. The van der Waals surface area contributed by atoms with Crippen molar-refractivity contribution < 1.29 is 19.2 Å². The summed E-state index contributed by atoms with van der Waals surface area (Å²) in [7, 11) is 0. The second-order valence-corrected chi connectivity index (χ2v) is 4.40. The summed E-state index contributed by atoms with van der Waals surface area (Å²) in [6, 6.07) is 6.39. The van der Waals surface area contributed by atoms with E-state index in [1.165, 1.54) is 12.1 Å². The molecule has 1 aliphatic heterocycles. The molecule has 8 heteroatoms. The van der Waals surface area contributed by atoms with Crippen molar-refractivity contribution in [3.63, 3.8) is 0 Å².